The number of nitrogens with one attached hydrogen (secondary N) is 1. The van der Waals surface area contributed by atoms with Crippen LogP contribution < -0.4 is 5.32 Å². The SMILES string of the molecule is CC(C)(C)OC(=O)N[C@@H]1CN(S(C)(=O)=O)C[C@@H]1O. The molecule has 1 heterocycles. The van der Waals surface area contributed by atoms with Crippen molar-refractivity contribution < 1.29 is 23.1 Å². The van der Waals surface area contributed by atoms with Gasteiger partial charge in [-0.05, 0) is 20.8 Å². The van der Waals surface area contributed by atoms with Gasteiger partial charge in [0, 0.05) is 13.1 Å². The first-order valence-electron chi connectivity index (χ1n) is 5.62. The highest BCUT2D eigenvalue weighted by Crippen LogP contribution is 2.14. The van der Waals surface area contributed by atoms with E-state index in [1.165, 1.54) is 0 Å². The van der Waals surface area contributed by atoms with Crippen molar-refractivity contribution in [1.29, 1.82) is 0 Å². The average molecular weight is 280 g/mol. The summed E-state index contributed by atoms with van der Waals surface area (Å²) in [4.78, 5) is 11.5. The van der Waals surface area contributed by atoms with Crippen LogP contribution in [0.1, 0.15) is 20.8 Å². The Bertz CT molecular complexity index is 414. The van der Waals surface area contributed by atoms with Crippen molar-refractivity contribution in [3.63, 3.8) is 0 Å². The molecule has 0 aromatic carbocycles. The molecule has 0 spiro atoms. The molecule has 2 N–H and O–H groups in total. The van der Waals surface area contributed by atoms with Crippen LogP contribution in [-0.2, 0) is 14.8 Å². The summed E-state index contributed by atoms with van der Waals surface area (Å²) in [6, 6.07) is -0.644. The van der Waals surface area contributed by atoms with Crippen LogP contribution >= 0.6 is 0 Å². The first-order valence-corrected chi connectivity index (χ1v) is 7.46. The van der Waals surface area contributed by atoms with Gasteiger partial charge in [-0.1, -0.05) is 0 Å². The number of aliphatic hydroxyl groups is 1. The second kappa shape index (κ2) is 5.02. The number of nitrogens with zero attached hydrogens (tertiary/aromatic N) is 1. The minimum atomic E-state index is -3.36. The lowest BCUT2D eigenvalue weighted by atomic mass is 10.2. The zero-order valence-corrected chi connectivity index (χ0v) is 11.8. The highest BCUT2D eigenvalue weighted by atomic mass is 32.2. The molecule has 106 valence electrons. The first-order chi connectivity index (χ1) is 7.99. The van der Waals surface area contributed by atoms with Gasteiger partial charge >= 0.3 is 6.09 Å². The van der Waals surface area contributed by atoms with E-state index < -0.39 is 33.9 Å². The van der Waals surface area contributed by atoms with Gasteiger partial charge in [0.25, 0.3) is 0 Å². The highest BCUT2D eigenvalue weighted by molar-refractivity contribution is 7.88. The summed E-state index contributed by atoms with van der Waals surface area (Å²) < 4.78 is 28.8. The summed E-state index contributed by atoms with van der Waals surface area (Å²) in [5.74, 6) is 0. The summed E-state index contributed by atoms with van der Waals surface area (Å²) in [5.41, 5.74) is -0.635. The van der Waals surface area contributed by atoms with Gasteiger partial charge in [0.1, 0.15) is 5.60 Å². The van der Waals surface area contributed by atoms with Gasteiger partial charge in [-0.25, -0.2) is 13.2 Å². The molecular weight excluding hydrogens is 260 g/mol. The predicted octanol–water partition coefficient (Wildman–Crippen LogP) is -0.484. The predicted molar refractivity (Wildman–Crippen MR) is 65.6 cm³/mol. The smallest absolute Gasteiger partial charge is 0.408 e. The molecule has 1 aliphatic heterocycles. The van der Waals surface area contributed by atoms with Gasteiger partial charge in [-0.2, -0.15) is 4.31 Å². The number of hydrogen-bond acceptors (Lipinski definition) is 5. The molecule has 8 heteroatoms. The van der Waals surface area contributed by atoms with Crippen LogP contribution in [0.5, 0.6) is 0 Å². The van der Waals surface area contributed by atoms with Gasteiger partial charge in [-0.15, -0.1) is 0 Å². The van der Waals surface area contributed by atoms with E-state index in [0.29, 0.717) is 0 Å². The van der Waals surface area contributed by atoms with E-state index in [2.05, 4.69) is 5.32 Å². The maximum absolute atomic E-state index is 11.5. The Morgan fingerprint density at radius 3 is 2.33 bits per heavy atom. The number of rotatable bonds is 2. The van der Waals surface area contributed by atoms with Gasteiger partial charge < -0.3 is 15.2 Å². The number of alkyl carbamates (subject to hydrolysis) is 1. The third kappa shape index (κ3) is 4.43. The maximum atomic E-state index is 11.5. The molecule has 1 fully saturated rings. The van der Waals surface area contributed by atoms with Crippen molar-refractivity contribution in [1.82, 2.24) is 9.62 Å². The van der Waals surface area contributed by atoms with Crippen molar-refractivity contribution in [2.45, 2.75) is 38.5 Å². The van der Waals surface area contributed by atoms with E-state index in [-0.39, 0.29) is 13.1 Å². The number of carbonyl (C=O) groups is 1. The number of ether oxygens (including phenoxy) is 1. The van der Waals surface area contributed by atoms with Crippen molar-refractivity contribution in [3.8, 4) is 0 Å². The molecule has 1 saturated heterocycles. The van der Waals surface area contributed by atoms with Crippen molar-refractivity contribution in [3.05, 3.63) is 0 Å². The Hall–Kier alpha value is -0.860. The summed E-state index contributed by atoms with van der Waals surface area (Å²) in [6.07, 6.45) is -0.524. The number of β-amino-alcohol motifs (C(OH)–C–C–N with tert-alkyl or cyclic N) is 1. The topological polar surface area (TPSA) is 95.9 Å². The number of hydrogen-bond donors (Lipinski definition) is 2. The molecule has 0 unspecified atom stereocenters. The van der Waals surface area contributed by atoms with Crippen LogP contribution in [0.25, 0.3) is 0 Å². The van der Waals surface area contributed by atoms with Crippen molar-refractivity contribution in [2.75, 3.05) is 19.3 Å². The van der Waals surface area contributed by atoms with Gasteiger partial charge in [-0.3, -0.25) is 0 Å². The zero-order valence-electron chi connectivity index (χ0n) is 11.0. The lowest BCUT2D eigenvalue weighted by molar-refractivity contribution is 0.0461. The van der Waals surface area contributed by atoms with Crippen LogP contribution in [0.15, 0.2) is 0 Å². The molecule has 7 nitrogen and oxygen atoms in total. The summed E-state index contributed by atoms with van der Waals surface area (Å²) in [6.45, 7) is 5.21. The summed E-state index contributed by atoms with van der Waals surface area (Å²) in [5, 5.41) is 12.2. The van der Waals surface area contributed by atoms with Crippen molar-refractivity contribution in [2.24, 2.45) is 0 Å². The summed E-state index contributed by atoms with van der Waals surface area (Å²) >= 11 is 0. The van der Waals surface area contributed by atoms with Crippen LogP contribution in [0.3, 0.4) is 0 Å². The minimum Gasteiger partial charge on any atom is -0.444 e. The molecule has 1 aliphatic rings. The molecule has 0 radical (unpaired) electrons. The second-order valence-electron chi connectivity index (χ2n) is 5.40. The lowest BCUT2D eigenvalue weighted by Gasteiger charge is -2.22. The van der Waals surface area contributed by atoms with Gasteiger partial charge in [0.15, 0.2) is 0 Å². The quantitative estimate of drug-likeness (QED) is 0.712. The zero-order chi connectivity index (χ0) is 14.1. The second-order valence-corrected chi connectivity index (χ2v) is 7.38. The van der Waals surface area contributed by atoms with Crippen LogP contribution in [0.2, 0.25) is 0 Å². The van der Waals surface area contributed by atoms with Crippen LogP contribution in [-0.4, -0.2) is 61.0 Å². The third-order valence-electron chi connectivity index (χ3n) is 2.43. The normalized spacial score (nSPS) is 26.1. The van der Waals surface area contributed by atoms with E-state index in [0.717, 1.165) is 10.6 Å². The monoisotopic (exact) mass is 280 g/mol. The van der Waals surface area contributed by atoms with Crippen LogP contribution in [0, 0.1) is 0 Å². The molecule has 0 aromatic rings. The number of amides is 1. The van der Waals surface area contributed by atoms with E-state index in [4.69, 9.17) is 4.74 Å². The van der Waals surface area contributed by atoms with Crippen molar-refractivity contribution >= 4 is 16.1 Å². The fraction of sp³-hybridized carbons (Fsp3) is 0.900. The van der Waals surface area contributed by atoms with Gasteiger partial charge in [0.2, 0.25) is 10.0 Å². The van der Waals surface area contributed by atoms with Gasteiger partial charge in [0.05, 0.1) is 18.4 Å². The van der Waals surface area contributed by atoms with Crippen LogP contribution in [0.4, 0.5) is 4.79 Å². The standard InChI is InChI=1S/C10H20N2O5S/c1-10(2,3)17-9(14)11-7-5-12(6-8(7)13)18(4,15)16/h7-8,13H,5-6H2,1-4H3,(H,11,14)/t7-,8+/m1/s1. The average Bonchev–Trinajstić information content (AvgIpc) is 2.43. The Labute approximate surface area is 107 Å². The molecule has 1 amide bonds. The minimum absolute atomic E-state index is 0.0146. The largest absolute Gasteiger partial charge is 0.444 e. The lowest BCUT2D eigenvalue weighted by Crippen LogP contribution is -2.45. The Balaban J connectivity index is 2.57. The first kappa shape index (κ1) is 15.2. The Morgan fingerprint density at radius 1 is 1.39 bits per heavy atom. The molecule has 2 atom stereocenters. The van der Waals surface area contributed by atoms with E-state index in [1.54, 1.807) is 20.8 Å². The van der Waals surface area contributed by atoms with E-state index in [1.807, 2.05) is 0 Å². The maximum Gasteiger partial charge on any atom is 0.408 e. The number of carbonyl (C=O) groups excluding carboxylic acids is 1. The molecule has 0 saturated carbocycles. The molecule has 0 aromatic heterocycles. The Morgan fingerprint density at radius 2 is 1.94 bits per heavy atom. The fourth-order valence-electron chi connectivity index (χ4n) is 1.62. The molecular formula is C10H20N2O5S. The summed E-state index contributed by atoms with van der Waals surface area (Å²) in [7, 11) is -3.36. The molecule has 1 rings (SSSR count). The molecule has 18 heavy (non-hydrogen) atoms. The highest BCUT2D eigenvalue weighted by Gasteiger charge is 2.37. The Kier molecular flexibility index (Phi) is 4.24. The number of aliphatic hydroxyl groups excluding tert-OH is 1. The molecule has 0 aliphatic carbocycles. The molecule has 0 bridgehead atoms. The third-order valence-corrected chi connectivity index (χ3v) is 3.66. The number of sulfonamides is 1. The fourth-order valence-corrected chi connectivity index (χ4v) is 2.48. The van der Waals surface area contributed by atoms with E-state index in [9.17, 15) is 18.3 Å². The van der Waals surface area contributed by atoms with E-state index >= 15 is 0 Å².